The van der Waals surface area contributed by atoms with Crippen molar-refractivity contribution in [2.75, 3.05) is 45.8 Å². The monoisotopic (exact) mass is 399 g/mol. The molecule has 3 saturated heterocycles. The molecule has 0 aliphatic carbocycles. The highest BCUT2D eigenvalue weighted by Gasteiger charge is 2.37. The second-order valence-electron chi connectivity index (χ2n) is 9.31. The van der Waals surface area contributed by atoms with Crippen LogP contribution in [0.25, 0.3) is 0 Å². The Morgan fingerprint density at radius 3 is 2.86 bits per heavy atom. The van der Waals surface area contributed by atoms with E-state index in [9.17, 15) is 4.79 Å². The standard InChI is InChI=1S/C24H37N3O2/c28-23(27-15-6-12-24(20-27)11-5-13-25-19-24)9-4-14-26-16-10-22(17-26)29-18-21-7-2-1-3-8-21/h1-3,7-8,22,25H,4-6,9-20H2/t22-,24?/m1/s1. The Morgan fingerprint density at radius 1 is 1.17 bits per heavy atom. The van der Waals surface area contributed by atoms with Gasteiger partial charge in [-0.05, 0) is 57.2 Å². The average molecular weight is 400 g/mol. The van der Waals surface area contributed by atoms with Gasteiger partial charge in [-0.15, -0.1) is 0 Å². The molecule has 1 N–H and O–H groups in total. The molecule has 5 heteroatoms. The van der Waals surface area contributed by atoms with Crippen molar-refractivity contribution in [3.63, 3.8) is 0 Å². The van der Waals surface area contributed by atoms with E-state index in [1.165, 1.54) is 31.2 Å². The van der Waals surface area contributed by atoms with Gasteiger partial charge in [0, 0.05) is 44.6 Å². The lowest BCUT2D eigenvalue weighted by atomic mass is 9.74. The first-order valence-electron chi connectivity index (χ1n) is 11.6. The summed E-state index contributed by atoms with van der Waals surface area (Å²) in [6.45, 7) is 7.96. The maximum atomic E-state index is 12.8. The van der Waals surface area contributed by atoms with Crippen molar-refractivity contribution in [2.24, 2.45) is 5.41 Å². The summed E-state index contributed by atoms with van der Waals surface area (Å²) in [7, 11) is 0. The fraction of sp³-hybridized carbons (Fsp3) is 0.708. The zero-order chi connectivity index (χ0) is 19.9. The molecule has 1 unspecified atom stereocenters. The molecule has 0 bridgehead atoms. The van der Waals surface area contributed by atoms with Crippen molar-refractivity contribution in [3.05, 3.63) is 35.9 Å². The largest absolute Gasteiger partial charge is 0.372 e. The van der Waals surface area contributed by atoms with Crippen LogP contribution in [0, 0.1) is 5.41 Å². The van der Waals surface area contributed by atoms with Gasteiger partial charge in [0.05, 0.1) is 12.7 Å². The number of ether oxygens (including phenoxy) is 1. The smallest absolute Gasteiger partial charge is 0.222 e. The summed E-state index contributed by atoms with van der Waals surface area (Å²) in [4.78, 5) is 17.4. The molecule has 1 aromatic rings. The van der Waals surface area contributed by atoms with Crippen LogP contribution < -0.4 is 5.32 Å². The molecular formula is C24H37N3O2. The van der Waals surface area contributed by atoms with Gasteiger partial charge in [0.1, 0.15) is 0 Å². The summed E-state index contributed by atoms with van der Waals surface area (Å²) >= 11 is 0. The number of carbonyl (C=O) groups is 1. The predicted octanol–water partition coefficient (Wildman–Crippen LogP) is 3.05. The van der Waals surface area contributed by atoms with Crippen LogP contribution in [0.15, 0.2) is 30.3 Å². The first kappa shape index (κ1) is 20.8. The van der Waals surface area contributed by atoms with E-state index in [2.05, 4.69) is 39.4 Å². The number of nitrogens with one attached hydrogen (secondary N) is 1. The lowest BCUT2D eigenvalue weighted by Crippen LogP contribution is -2.52. The number of rotatable bonds is 7. The van der Waals surface area contributed by atoms with E-state index in [1.54, 1.807) is 0 Å². The molecule has 0 radical (unpaired) electrons. The molecule has 0 saturated carbocycles. The Morgan fingerprint density at radius 2 is 2.03 bits per heavy atom. The van der Waals surface area contributed by atoms with Crippen LogP contribution >= 0.6 is 0 Å². The van der Waals surface area contributed by atoms with Crippen molar-refractivity contribution >= 4 is 5.91 Å². The molecule has 5 nitrogen and oxygen atoms in total. The molecule has 0 aromatic heterocycles. The van der Waals surface area contributed by atoms with Gasteiger partial charge in [-0.2, -0.15) is 0 Å². The zero-order valence-electron chi connectivity index (χ0n) is 17.8. The minimum atomic E-state index is 0.326. The lowest BCUT2D eigenvalue weighted by molar-refractivity contribution is -0.135. The van der Waals surface area contributed by atoms with E-state index in [4.69, 9.17) is 4.74 Å². The van der Waals surface area contributed by atoms with Crippen molar-refractivity contribution in [3.8, 4) is 0 Å². The molecule has 160 valence electrons. The van der Waals surface area contributed by atoms with Gasteiger partial charge in [-0.1, -0.05) is 30.3 Å². The summed E-state index contributed by atoms with van der Waals surface area (Å²) in [5, 5.41) is 3.55. The number of amides is 1. The fourth-order valence-electron chi connectivity index (χ4n) is 5.34. The van der Waals surface area contributed by atoms with Gasteiger partial charge in [0.15, 0.2) is 0 Å². The van der Waals surface area contributed by atoms with E-state index in [0.717, 1.165) is 58.7 Å². The Balaban J connectivity index is 1.13. The molecule has 1 spiro atoms. The molecular weight excluding hydrogens is 362 g/mol. The first-order valence-corrected chi connectivity index (χ1v) is 11.6. The van der Waals surface area contributed by atoms with Gasteiger partial charge >= 0.3 is 0 Å². The van der Waals surface area contributed by atoms with Crippen LogP contribution in [-0.4, -0.2) is 67.6 Å². The molecule has 3 aliphatic heterocycles. The SMILES string of the molecule is O=C(CCCN1CC[C@@H](OCc2ccccc2)C1)N1CCCC2(CCCNC2)C1. The fourth-order valence-corrected chi connectivity index (χ4v) is 5.34. The third-order valence-electron chi connectivity index (χ3n) is 7.00. The molecule has 3 fully saturated rings. The van der Waals surface area contributed by atoms with Gasteiger partial charge in [0.25, 0.3) is 0 Å². The minimum absolute atomic E-state index is 0.326. The van der Waals surface area contributed by atoms with Crippen LogP contribution in [0.4, 0.5) is 0 Å². The van der Waals surface area contributed by atoms with Gasteiger partial charge in [-0.3, -0.25) is 4.79 Å². The third-order valence-corrected chi connectivity index (χ3v) is 7.00. The van der Waals surface area contributed by atoms with E-state index in [-0.39, 0.29) is 0 Å². The highest BCUT2D eigenvalue weighted by Crippen LogP contribution is 2.36. The maximum Gasteiger partial charge on any atom is 0.222 e. The average Bonchev–Trinajstić information content (AvgIpc) is 3.21. The predicted molar refractivity (Wildman–Crippen MR) is 116 cm³/mol. The van der Waals surface area contributed by atoms with Crippen molar-refractivity contribution in [1.29, 1.82) is 0 Å². The highest BCUT2D eigenvalue weighted by molar-refractivity contribution is 5.76. The molecule has 4 rings (SSSR count). The molecule has 29 heavy (non-hydrogen) atoms. The number of piperidine rings is 2. The van der Waals surface area contributed by atoms with Crippen molar-refractivity contribution in [1.82, 2.24) is 15.1 Å². The molecule has 3 heterocycles. The second-order valence-corrected chi connectivity index (χ2v) is 9.31. The summed E-state index contributed by atoms with van der Waals surface area (Å²) in [6.07, 6.45) is 8.06. The number of nitrogens with zero attached hydrogens (tertiary/aromatic N) is 2. The zero-order valence-corrected chi connectivity index (χ0v) is 17.8. The summed E-state index contributed by atoms with van der Waals surface area (Å²) in [5.41, 5.74) is 1.59. The van der Waals surface area contributed by atoms with Crippen molar-refractivity contribution in [2.45, 2.75) is 57.7 Å². The lowest BCUT2D eigenvalue weighted by Gasteiger charge is -2.45. The topological polar surface area (TPSA) is 44.8 Å². The van der Waals surface area contributed by atoms with E-state index >= 15 is 0 Å². The van der Waals surface area contributed by atoms with E-state index in [0.29, 0.717) is 30.5 Å². The van der Waals surface area contributed by atoms with Crippen LogP contribution in [0.5, 0.6) is 0 Å². The molecule has 3 aliphatic rings. The Kier molecular flexibility index (Phi) is 7.22. The molecule has 1 amide bonds. The van der Waals surface area contributed by atoms with Crippen molar-refractivity contribution < 1.29 is 9.53 Å². The van der Waals surface area contributed by atoms with Crippen LogP contribution in [0.3, 0.4) is 0 Å². The Hall–Kier alpha value is -1.43. The van der Waals surface area contributed by atoms with Gasteiger partial charge in [0.2, 0.25) is 5.91 Å². The van der Waals surface area contributed by atoms with E-state index in [1.807, 2.05) is 6.07 Å². The summed E-state index contributed by atoms with van der Waals surface area (Å²) < 4.78 is 6.08. The van der Waals surface area contributed by atoms with Gasteiger partial charge in [-0.25, -0.2) is 0 Å². The number of hydrogen-bond donors (Lipinski definition) is 1. The molecule has 2 atom stereocenters. The van der Waals surface area contributed by atoms with E-state index < -0.39 is 0 Å². The summed E-state index contributed by atoms with van der Waals surface area (Å²) in [5.74, 6) is 0.366. The first-order chi connectivity index (χ1) is 14.2. The number of likely N-dealkylation sites (tertiary alicyclic amines) is 2. The number of benzene rings is 1. The quantitative estimate of drug-likeness (QED) is 0.765. The normalized spacial score (nSPS) is 28.1. The third kappa shape index (κ3) is 5.80. The Bertz CT molecular complexity index is 639. The number of carbonyl (C=O) groups excluding carboxylic acids is 1. The van der Waals surface area contributed by atoms with Crippen LogP contribution in [0.1, 0.15) is 50.5 Å². The molecule has 1 aromatic carbocycles. The second kappa shape index (κ2) is 10.1. The Labute approximate surface area is 175 Å². The van der Waals surface area contributed by atoms with Crippen LogP contribution in [0.2, 0.25) is 0 Å². The summed E-state index contributed by atoms with van der Waals surface area (Å²) in [6, 6.07) is 10.4. The maximum absolute atomic E-state index is 12.8. The van der Waals surface area contributed by atoms with Gasteiger partial charge < -0.3 is 19.9 Å². The number of hydrogen-bond acceptors (Lipinski definition) is 4. The van der Waals surface area contributed by atoms with Crippen LogP contribution in [-0.2, 0) is 16.1 Å². The highest BCUT2D eigenvalue weighted by atomic mass is 16.5. The minimum Gasteiger partial charge on any atom is -0.372 e.